The van der Waals surface area contributed by atoms with Crippen LogP contribution in [-0.4, -0.2) is 48.1 Å². The van der Waals surface area contributed by atoms with Gasteiger partial charge in [-0.3, -0.25) is 0 Å². The van der Waals surface area contributed by atoms with E-state index in [2.05, 4.69) is 25.9 Å². The number of halogens is 1. The fourth-order valence-electron chi connectivity index (χ4n) is 4.28. The van der Waals surface area contributed by atoms with E-state index >= 15 is 0 Å². The number of hydrogen-bond donors (Lipinski definition) is 0. The van der Waals surface area contributed by atoms with Gasteiger partial charge in [-0.05, 0) is 36.8 Å². The summed E-state index contributed by atoms with van der Waals surface area (Å²) in [5.74, 6) is 0.579. The van der Waals surface area contributed by atoms with Crippen molar-refractivity contribution in [1.82, 2.24) is 14.8 Å². The van der Waals surface area contributed by atoms with Crippen LogP contribution in [0.3, 0.4) is 0 Å². The SMILES string of the molecule is COc1ccccc1N1CCCN(c2ccnc3c2cnn3-c2ccccc2F)CC1. The summed E-state index contributed by atoms with van der Waals surface area (Å²) in [6.45, 7) is 3.63. The number of pyridine rings is 1. The van der Waals surface area contributed by atoms with E-state index < -0.39 is 0 Å². The van der Waals surface area contributed by atoms with Crippen LogP contribution in [0.15, 0.2) is 67.0 Å². The first-order valence-electron chi connectivity index (χ1n) is 10.5. The molecule has 1 aliphatic rings. The molecule has 5 rings (SSSR count). The van der Waals surface area contributed by atoms with Crippen LogP contribution in [0.1, 0.15) is 6.42 Å². The number of para-hydroxylation sites is 3. The number of ether oxygens (including phenoxy) is 1. The second-order valence-electron chi connectivity index (χ2n) is 7.57. The summed E-state index contributed by atoms with van der Waals surface area (Å²) in [6.07, 6.45) is 4.58. The lowest BCUT2D eigenvalue weighted by Crippen LogP contribution is -2.31. The van der Waals surface area contributed by atoms with Crippen molar-refractivity contribution < 1.29 is 9.13 Å². The van der Waals surface area contributed by atoms with Gasteiger partial charge in [-0.2, -0.15) is 5.10 Å². The predicted molar refractivity (Wildman–Crippen MR) is 121 cm³/mol. The van der Waals surface area contributed by atoms with Gasteiger partial charge in [0.25, 0.3) is 0 Å². The zero-order chi connectivity index (χ0) is 21.2. The molecule has 0 amide bonds. The second kappa shape index (κ2) is 8.26. The van der Waals surface area contributed by atoms with Crippen molar-refractivity contribution in [3.8, 4) is 11.4 Å². The van der Waals surface area contributed by atoms with Crippen molar-refractivity contribution in [1.29, 1.82) is 0 Å². The minimum absolute atomic E-state index is 0.318. The summed E-state index contributed by atoms with van der Waals surface area (Å²) in [5.41, 5.74) is 3.27. The number of rotatable bonds is 4. The van der Waals surface area contributed by atoms with E-state index in [1.165, 1.54) is 6.07 Å². The van der Waals surface area contributed by atoms with Gasteiger partial charge < -0.3 is 14.5 Å². The highest BCUT2D eigenvalue weighted by Gasteiger charge is 2.21. The van der Waals surface area contributed by atoms with Crippen LogP contribution in [0.4, 0.5) is 15.8 Å². The molecule has 0 atom stereocenters. The van der Waals surface area contributed by atoms with Gasteiger partial charge in [0.2, 0.25) is 0 Å². The first-order chi connectivity index (χ1) is 15.3. The fourth-order valence-corrected chi connectivity index (χ4v) is 4.28. The lowest BCUT2D eigenvalue weighted by Gasteiger charge is -2.26. The van der Waals surface area contributed by atoms with Gasteiger partial charge in [-0.25, -0.2) is 14.1 Å². The molecule has 31 heavy (non-hydrogen) atoms. The van der Waals surface area contributed by atoms with Crippen molar-refractivity contribution in [2.45, 2.75) is 6.42 Å². The Hall–Kier alpha value is -3.61. The molecular weight excluding hydrogens is 393 g/mol. The van der Waals surface area contributed by atoms with Crippen molar-refractivity contribution >= 4 is 22.4 Å². The molecule has 1 saturated heterocycles. The third-order valence-electron chi connectivity index (χ3n) is 5.79. The van der Waals surface area contributed by atoms with Gasteiger partial charge >= 0.3 is 0 Å². The molecule has 2 aromatic carbocycles. The maximum atomic E-state index is 14.3. The predicted octanol–water partition coefficient (Wildman–Crippen LogP) is 4.28. The normalized spacial score (nSPS) is 14.6. The number of fused-ring (bicyclic) bond motifs is 1. The topological polar surface area (TPSA) is 46.4 Å². The Bertz CT molecular complexity index is 1210. The molecule has 0 radical (unpaired) electrons. The quantitative estimate of drug-likeness (QED) is 0.496. The Labute approximate surface area is 180 Å². The third-order valence-corrected chi connectivity index (χ3v) is 5.79. The number of benzene rings is 2. The monoisotopic (exact) mass is 417 g/mol. The summed E-state index contributed by atoms with van der Waals surface area (Å²) in [5, 5.41) is 5.38. The Morgan fingerprint density at radius 3 is 2.32 bits per heavy atom. The number of methoxy groups -OCH3 is 1. The van der Waals surface area contributed by atoms with Crippen molar-refractivity contribution in [2.75, 3.05) is 43.1 Å². The molecule has 1 fully saturated rings. The first kappa shape index (κ1) is 19.4. The lowest BCUT2D eigenvalue weighted by molar-refractivity contribution is 0.414. The average molecular weight is 417 g/mol. The van der Waals surface area contributed by atoms with Gasteiger partial charge in [-0.15, -0.1) is 0 Å². The van der Waals surface area contributed by atoms with E-state index in [1.54, 1.807) is 42.4 Å². The summed E-state index contributed by atoms with van der Waals surface area (Å²) < 4.78 is 21.5. The third kappa shape index (κ3) is 3.56. The maximum Gasteiger partial charge on any atom is 0.165 e. The highest BCUT2D eigenvalue weighted by Crippen LogP contribution is 2.31. The minimum atomic E-state index is -0.318. The van der Waals surface area contributed by atoms with Gasteiger partial charge in [0.1, 0.15) is 17.3 Å². The fraction of sp³-hybridized carbons (Fsp3) is 0.250. The van der Waals surface area contributed by atoms with E-state index in [-0.39, 0.29) is 5.82 Å². The average Bonchev–Trinajstić information content (AvgIpc) is 3.09. The van der Waals surface area contributed by atoms with Crippen LogP contribution in [0, 0.1) is 5.82 Å². The molecule has 3 heterocycles. The Kier molecular flexibility index (Phi) is 5.16. The van der Waals surface area contributed by atoms with Crippen LogP contribution < -0.4 is 14.5 Å². The highest BCUT2D eigenvalue weighted by molar-refractivity contribution is 5.90. The summed E-state index contributed by atoms with van der Waals surface area (Å²) in [7, 11) is 1.71. The van der Waals surface area contributed by atoms with E-state index in [0.29, 0.717) is 11.3 Å². The van der Waals surface area contributed by atoms with Gasteiger partial charge in [0.15, 0.2) is 5.65 Å². The van der Waals surface area contributed by atoms with E-state index in [4.69, 9.17) is 4.74 Å². The first-order valence-corrected chi connectivity index (χ1v) is 10.5. The molecule has 4 aromatic rings. The molecule has 158 valence electrons. The Morgan fingerprint density at radius 1 is 0.839 bits per heavy atom. The molecule has 0 N–H and O–H groups in total. The number of aromatic nitrogens is 3. The summed E-state index contributed by atoms with van der Waals surface area (Å²) in [4.78, 5) is 9.25. The second-order valence-corrected chi connectivity index (χ2v) is 7.57. The molecule has 7 heteroatoms. The molecule has 6 nitrogen and oxygen atoms in total. The lowest BCUT2D eigenvalue weighted by atomic mass is 10.2. The van der Waals surface area contributed by atoms with E-state index in [1.807, 2.05) is 24.3 Å². The number of nitrogens with zero attached hydrogens (tertiary/aromatic N) is 5. The standard InChI is InChI=1S/C24H24FN5O/c1-31-23-10-5-4-9-22(23)29-14-6-13-28(15-16-29)20-11-12-26-24-18(20)17-27-30(24)21-8-3-2-7-19(21)25/h2-5,7-12,17H,6,13-16H2,1H3. The zero-order valence-electron chi connectivity index (χ0n) is 17.4. The van der Waals surface area contributed by atoms with Crippen molar-refractivity contribution in [3.63, 3.8) is 0 Å². The van der Waals surface area contributed by atoms with E-state index in [9.17, 15) is 4.39 Å². The molecule has 0 saturated carbocycles. The zero-order valence-corrected chi connectivity index (χ0v) is 17.4. The molecule has 0 aliphatic carbocycles. The van der Waals surface area contributed by atoms with Crippen LogP contribution in [0.25, 0.3) is 16.7 Å². The van der Waals surface area contributed by atoms with Crippen LogP contribution in [0.2, 0.25) is 0 Å². The Morgan fingerprint density at radius 2 is 1.55 bits per heavy atom. The Balaban J connectivity index is 1.45. The van der Waals surface area contributed by atoms with Gasteiger partial charge in [0, 0.05) is 32.4 Å². The molecule has 0 bridgehead atoms. The van der Waals surface area contributed by atoms with E-state index in [0.717, 1.165) is 55.1 Å². The summed E-state index contributed by atoms with van der Waals surface area (Å²) in [6, 6.07) is 16.8. The highest BCUT2D eigenvalue weighted by atomic mass is 19.1. The number of hydrogen-bond acceptors (Lipinski definition) is 5. The smallest absolute Gasteiger partial charge is 0.165 e. The van der Waals surface area contributed by atoms with Crippen molar-refractivity contribution in [2.24, 2.45) is 0 Å². The summed E-state index contributed by atoms with van der Waals surface area (Å²) >= 11 is 0. The van der Waals surface area contributed by atoms with Crippen molar-refractivity contribution in [3.05, 3.63) is 72.8 Å². The van der Waals surface area contributed by atoms with Crippen LogP contribution >= 0.6 is 0 Å². The largest absolute Gasteiger partial charge is 0.495 e. The molecule has 1 aliphatic heterocycles. The van der Waals surface area contributed by atoms with Crippen LogP contribution in [0.5, 0.6) is 5.75 Å². The number of anilines is 2. The van der Waals surface area contributed by atoms with Crippen LogP contribution in [-0.2, 0) is 0 Å². The molecule has 2 aromatic heterocycles. The minimum Gasteiger partial charge on any atom is -0.495 e. The van der Waals surface area contributed by atoms with Gasteiger partial charge in [-0.1, -0.05) is 24.3 Å². The maximum absolute atomic E-state index is 14.3. The molecule has 0 unspecified atom stereocenters. The van der Waals surface area contributed by atoms with Gasteiger partial charge in [0.05, 0.1) is 30.1 Å². The molecular formula is C24H24FN5O. The molecule has 0 spiro atoms.